The molecule has 2 aliphatic carbocycles. The first-order valence-electron chi connectivity index (χ1n) is 11.1. The first kappa shape index (κ1) is 19.3. The number of rotatable bonds is 4. The van der Waals surface area contributed by atoms with Gasteiger partial charge in [-0.25, -0.2) is 14.4 Å². The van der Waals surface area contributed by atoms with Crippen LogP contribution in [0.5, 0.6) is 0 Å². The Hall–Kier alpha value is -3.35. The molecular weight excluding hydrogens is 405 g/mol. The van der Waals surface area contributed by atoms with Crippen molar-refractivity contribution >= 4 is 17.4 Å². The van der Waals surface area contributed by atoms with Crippen LogP contribution in [-0.2, 0) is 5.54 Å². The highest BCUT2D eigenvalue weighted by Crippen LogP contribution is 2.57. The van der Waals surface area contributed by atoms with E-state index in [9.17, 15) is 9.18 Å². The van der Waals surface area contributed by atoms with E-state index in [1.807, 2.05) is 19.1 Å². The number of hydrogen-bond donors (Lipinski definition) is 1. The zero-order valence-electron chi connectivity index (χ0n) is 18.0. The standard InChI is InChI=1S/C25H24FN5O/c1-14-12-25(14,30-24(32)16-3-5-18(26)6-4-16)21-8-7-20-23(29-21)19-11-17(19)13-31(20)22-9-10-27-15(2)28-22/h3-10,14,17,19H,11-13H2,1-2H3,(H,30,32)/t14-,17+,19?,25+/m0/s1. The molecule has 1 amide bonds. The van der Waals surface area contributed by atoms with Crippen molar-refractivity contribution in [2.24, 2.45) is 11.8 Å². The molecular formula is C25H24FN5O. The Kier molecular flexibility index (Phi) is 4.12. The van der Waals surface area contributed by atoms with Crippen molar-refractivity contribution in [2.45, 2.75) is 38.1 Å². The minimum absolute atomic E-state index is 0.198. The SMILES string of the molecule is Cc1nccc(N2C[C@H]3CC3c3nc([C@@]4(NC(=O)c5ccc(F)cc5)C[C@@H]4C)ccc32)n1. The van der Waals surface area contributed by atoms with Gasteiger partial charge in [0.2, 0.25) is 0 Å². The van der Waals surface area contributed by atoms with E-state index in [1.54, 1.807) is 6.20 Å². The summed E-state index contributed by atoms with van der Waals surface area (Å²) < 4.78 is 13.3. The summed E-state index contributed by atoms with van der Waals surface area (Å²) in [5.74, 6) is 2.45. The van der Waals surface area contributed by atoms with Crippen LogP contribution >= 0.6 is 0 Å². The summed E-state index contributed by atoms with van der Waals surface area (Å²) in [6, 6.07) is 11.8. The Morgan fingerprint density at radius 1 is 1.16 bits per heavy atom. The molecule has 1 aromatic carbocycles. The van der Waals surface area contributed by atoms with Crippen molar-refractivity contribution in [3.05, 3.63) is 77.3 Å². The van der Waals surface area contributed by atoms with Gasteiger partial charge >= 0.3 is 0 Å². The van der Waals surface area contributed by atoms with Crippen LogP contribution < -0.4 is 10.2 Å². The summed E-state index contributed by atoms with van der Waals surface area (Å²) in [5.41, 5.74) is 3.09. The Morgan fingerprint density at radius 2 is 1.94 bits per heavy atom. The van der Waals surface area contributed by atoms with Crippen LogP contribution in [0.25, 0.3) is 0 Å². The summed E-state index contributed by atoms with van der Waals surface area (Å²) in [7, 11) is 0. The fourth-order valence-corrected chi connectivity index (χ4v) is 5.04. The number of benzene rings is 1. The number of fused-ring (bicyclic) bond motifs is 3. The van der Waals surface area contributed by atoms with Crippen LogP contribution in [0, 0.1) is 24.6 Å². The molecule has 3 aliphatic rings. The minimum atomic E-state index is -0.474. The molecule has 3 aromatic rings. The average Bonchev–Trinajstić information content (AvgIpc) is 3.70. The molecule has 6 rings (SSSR count). The molecule has 162 valence electrons. The van der Waals surface area contributed by atoms with Gasteiger partial charge in [-0.05, 0) is 74.1 Å². The third kappa shape index (κ3) is 3.06. The molecule has 2 aromatic heterocycles. The lowest BCUT2D eigenvalue weighted by atomic mass is 10.0. The highest BCUT2D eigenvalue weighted by atomic mass is 19.1. The maximum Gasteiger partial charge on any atom is 0.252 e. The van der Waals surface area contributed by atoms with Crippen molar-refractivity contribution in [1.29, 1.82) is 0 Å². The van der Waals surface area contributed by atoms with E-state index in [2.05, 4.69) is 33.2 Å². The summed E-state index contributed by atoms with van der Waals surface area (Å²) >= 11 is 0. The normalized spacial score (nSPS) is 27.3. The van der Waals surface area contributed by atoms with E-state index < -0.39 is 5.54 Å². The fourth-order valence-electron chi connectivity index (χ4n) is 5.04. The molecule has 2 fully saturated rings. The van der Waals surface area contributed by atoms with E-state index >= 15 is 0 Å². The molecule has 7 heteroatoms. The van der Waals surface area contributed by atoms with Gasteiger partial charge in [0.25, 0.3) is 5.91 Å². The molecule has 0 bridgehead atoms. The maximum absolute atomic E-state index is 13.3. The van der Waals surface area contributed by atoms with Crippen LogP contribution in [0.2, 0.25) is 0 Å². The summed E-state index contributed by atoms with van der Waals surface area (Å²) in [4.78, 5) is 29.1. The van der Waals surface area contributed by atoms with Crippen molar-refractivity contribution in [3.8, 4) is 0 Å². The highest BCUT2D eigenvalue weighted by molar-refractivity contribution is 5.95. The van der Waals surface area contributed by atoms with Gasteiger partial charge in [0.1, 0.15) is 17.5 Å². The molecule has 1 unspecified atom stereocenters. The fraction of sp³-hybridized carbons (Fsp3) is 0.360. The minimum Gasteiger partial charge on any atom is -0.341 e. The van der Waals surface area contributed by atoms with E-state index in [0.29, 0.717) is 17.4 Å². The van der Waals surface area contributed by atoms with Crippen LogP contribution in [0.3, 0.4) is 0 Å². The van der Waals surface area contributed by atoms with Gasteiger partial charge in [-0.1, -0.05) is 6.92 Å². The first-order valence-corrected chi connectivity index (χ1v) is 11.1. The van der Waals surface area contributed by atoms with Gasteiger partial charge in [-0.15, -0.1) is 0 Å². The number of nitrogens with zero attached hydrogens (tertiary/aromatic N) is 4. The maximum atomic E-state index is 13.3. The lowest BCUT2D eigenvalue weighted by Crippen LogP contribution is -2.37. The Morgan fingerprint density at radius 3 is 2.66 bits per heavy atom. The zero-order chi connectivity index (χ0) is 22.0. The second-order valence-electron chi connectivity index (χ2n) is 9.31. The number of aromatic nitrogens is 3. The molecule has 4 atom stereocenters. The largest absolute Gasteiger partial charge is 0.341 e. The Labute approximate surface area is 185 Å². The molecule has 1 N–H and O–H groups in total. The summed E-state index contributed by atoms with van der Waals surface area (Å²) in [6.45, 7) is 4.97. The number of anilines is 2. The van der Waals surface area contributed by atoms with Gasteiger partial charge in [0.05, 0.1) is 22.6 Å². The summed E-state index contributed by atoms with van der Waals surface area (Å²) in [6.07, 6.45) is 3.77. The highest BCUT2D eigenvalue weighted by Gasteiger charge is 2.56. The second kappa shape index (κ2) is 6.82. The number of carbonyl (C=O) groups excluding carboxylic acids is 1. The van der Waals surface area contributed by atoms with Gasteiger partial charge in [0, 0.05) is 24.2 Å². The number of nitrogens with one attached hydrogen (secondary N) is 1. The number of amides is 1. The third-order valence-electron chi connectivity index (χ3n) is 7.13. The monoisotopic (exact) mass is 429 g/mol. The Balaban J connectivity index is 1.33. The van der Waals surface area contributed by atoms with Gasteiger partial charge < -0.3 is 10.2 Å². The molecule has 6 nitrogen and oxygen atoms in total. The van der Waals surface area contributed by atoms with Gasteiger partial charge in [-0.2, -0.15) is 0 Å². The lowest BCUT2D eigenvalue weighted by Gasteiger charge is -2.30. The van der Waals surface area contributed by atoms with Crippen LogP contribution in [0.1, 0.15) is 53.3 Å². The quantitative estimate of drug-likeness (QED) is 0.672. The van der Waals surface area contributed by atoms with Crippen molar-refractivity contribution in [2.75, 3.05) is 11.4 Å². The molecule has 0 spiro atoms. The van der Waals surface area contributed by atoms with Crippen LogP contribution in [0.4, 0.5) is 15.9 Å². The molecule has 0 saturated heterocycles. The summed E-state index contributed by atoms with van der Waals surface area (Å²) in [5, 5.41) is 3.20. The van der Waals surface area contributed by atoms with Crippen molar-refractivity contribution in [3.63, 3.8) is 0 Å². The van der Waals surface area contributed by atoms with Gasteiger partial charge in [-0.3, -0.25) is 9.78 Å². The molecule has 2 saturated carbocycles. The zero-order valence-corrected chi connectivity index (χ0v) is 18.0. The third-order valence-corrected chi connectivity index (χ3v) is 7.13. The van der Waals surface area contributed by atoms with E-state index in [0.717, 1.165) is 48.1 Å². The lowest BCUT2D eigenvalue weighted by molar-refractivity contribution is 0.0926. The number of pyridine rings is 1. The number of carbonyl (C=O) groups is 1. The molecule has 3 heterocycles. The van der Waals surface area contributed by atoms with E-state index in [1.165, 1.54) is 24.3 Å². The van der Waals surface area contributed by atoms with Gasteiger partial charge in [0.15, 0.2) is 0 Å². The number of aryl methyl sites for hydroxylation is 1. The second-order valence-corrected chi connectivity index (χ2v) is 9.31. The topological polar surface area (TPSA) is 71.0 Å². The van der Waals surface area contributed by atoms with E-state index in [-0.39, 0.29) is 17.6 Å². The predicted octanol–water partition coefficient (Wildman–Crippen LogP) is 4.24. The van der Waals surface area contributed by atoms with E-state index in [4.69, 9.17) is 4.98 Å². The molecule has 32 heavy (non-hydrogen) atoms. The first-order chi connectivity index (χ1) is 15.4. The molecule has 1 aliphatic heterocycles. The number of halogens is 1. The smallest absolute Gasteiger partial charge is 0.252 e. The Bertz CT molecular complexity index is 1230. The predicted molar refractivity (Wildman–Crippen MR) is 118 cm³/mol. The van der Waals surface area contributed by atoms with Crippen LogP contribution in [0.15, 0.2) is 48.7 Å². The average molecular weight is 429 g/mol. The number of hydrogen-bond acceptors (Lipinski definition) is 5. The van der Waals surface area contributed by atoms with Crippen LogP contribution in [-0.4, -0.2) is 27.4 Å². The van der Waals surface area contributed by atoms with Crippen molar-refractivity contribution in [1.82, 2.24) is 20.3 Å². The van der Waals surface area contributed by atoms with Crippen molar-refractivity contribution < 1.29 is 9.18 Å². The molecule has 0 radical (unpaired) electrons.